The lowest BCUT2D eigenvalue weighted by Crippen LogP contribution is -2.64. The number of nitrogens with zero attached hydrogens (tertiary/aromatic N) is 3. The van der Waals surface area contributed by atoms with E-state index in [1.165, 1.54) is 16.4 Å². The number of rotatable bonds is 5. The number of nitrogens with one attached hydrogen (secondary N) is 1. The standard InChI is InChI=1S/C24H26F2N4O6/c25-19-7-6-16(13-20(19)26)36-17-12-18(22(31)27-35)21(30(14-17)24(33)34)23(32)29-10-8-28(9-11-29)15-4-2-1-3-5-15/h1-7,13,17-18,21,35H,8-12,14H2,(H,27,31)(H,33,34)/t17-,18?,21?/m0/s1. The Morgan fingerprint density at radius 1 is 0.972 bits per heavy atom. The van der Waals surface area contributed by atoms with Crippen LogP contribution in [0.5, 0.6) is 5.75 Å². The van der Waals surface area contributed by atoms with Crippen molar-refractivity contribution < 1.29 is 38.2 Å². The van der Waals surface area contributed by atoms with E-state index >= 15 is 0 Å². The number of anilines is 1. The minimum Gasteiger partial charge on any atom is -0.488 e. The van der Waals surface area contributed by atoms with Crippen molar-refractivity contribution in [1.29, 1.82) is 0 Å². The monoisotopic (exact) mass is 504 g/mol. The van der Waals surface area contributed by atoms with Gasteiger partial charge in [-0.1, -0.05) is 18.2 Å². The predicted molar refractivity (Wildman–Crippen MR) is 123 cm³/mol. The summed E-state index contributed by atoms with van der Waals surface area (Å²) < 4.78 is 32.5. The largest absolute Gasteiger partial charge is 0.488 e. The number of carbonyl (C=O) groups is 3. The van der Waals surface area contributed by atoms with Crippen molar-refractivity contribution in [2.75, 3.05) is 37.6 Å². The Morgan fingerprint density at radius 3 is 2.28 bits per heavy atom. The molecule has 2 unspecified atom stereocenters. The zero-order chi connectivity index (χ0) is 25.8. The van der Waals surface area contributed by atoms with E-state index in [1.807, 2.05) is 30.3 Å². The number of benzene rings is 2. The van der Waals surface area contributed by atoms with Gasteiger partial charge in [0.25, 0.3) is 0 Å². The maximum Gasteiger partial charge on any atom is 0.408 e. The molecule has 0 bridgehead atoms. The fourth-order valence-corrected chi connectivity index (χ4v) is 4.71. The summed E-state index contributed by atoms with van der Waals surface area (Å²) in [6.07, 6.45) is -2.53. The molecule has 0 radical (unpaired) electrons. The van der Waals surface area contributed by atoms with Gasteiger partial charge in [0.15, 0.2) is 11.6 Å². The summed E-state index contributed by atoms with van der Waals surface area (Å²) in [5.74, 6) is -5.05. The van der Waals surface area contributed by atoms with E-state index in [0.29, 0.717) is 26.2 Å². The molecule has 0 aromatic heterocycles. The molecule has 2 saturated heterocycles. The van der Waals surface area contributed by atoms with Crippen molar-refractivity contribution >= 4 is 23.6 Å². The molecule has 2 aromatic rings. The summed E-state index contributed by atoms with van der Waals surface area (Å²) in [5, 5.41) is 19.2. The Morgan fingerprint density at radius 2 is 1.67 bits per heavy atom. The zero-order valence-electron chi connectivity index (χ0n) is 19.2. The van der Waals surface area contributed by atoms with Crippen LogP contribution in [0.15, 0.2) is 48.5 Å². The topological polar surface area (TPSA) is 123 Å². The van der Waals surface area contributed by atoms with Gasteiger partial charge in [0.1, 0.15) is 17.9 Å². The SMILES string of the molecule is O=C(NO)C1C[C@H](Oc2ccc(F)c(F)c2)CN(C(=O)O)C1C(=O)N1CCN(c2ccccc2)CC1. The van der Waals surface area contributed by atoms with E-state index in [0.717, 1.165) is 22.7 Å². The highest BCUT2D eigenvalue weighted by Gasteiger charge is 2.48. The van der Waals surface area contributed by atoms with Crippen LogP contribution in [0.25, 0.3) is 0 Å². The lowest BCUT2D eigenvalue weighted by molar-refractivity contribution is -0.150. The van der Waals surface area contributed by atoms with Crippen LogP contribution in [0.3, 0.4) is 0 Å². The quantitative estimate of drug-likeness (QED) is 0.420. The van der Waals surface area contributed by atoms with Gasteiger partial charge in [0.2, 0.25) is 11.8 Å². The molecule has 3 amide bonds. The van der Waals surface area contributed by atoms with Gasteiger partial charge in [-0.25, -0.2) is 19.1 Å². The van der Waals surface area contributed by atoms with E-state index < -0.39 is 47.6 Å². The second-order valence-corrected chi connectivity index (χ2v) is 8.66. The van der Waals surface area contributed by atoms with Crippen LogP contribution in [0.2, 0.25) is 0 Å². The Labute approximate surface area is 205 Å². The van der Waals surface area contributed by atoms with E-state index in [-0.39, 0.29) is 18.7 Å². The van der Waals surface area contributed by atoms with Gasteiger partial charge in [0, 0.05) is 44.4 Å². The molecule has 2 heterocycles. The van der Waals surface area contributed by atoms with Gasteiger partial charge in [-0.15, -0.1) is 0 Å². The Bertz CT molecular complexity index is 1110. The molecule has 2 aliphatic rings. The molecular formula is C24H26F2N4O6. The average molecular weight is 504 g/mol. The number of hydroxylamine groups is 1. The number of ether oxygens (including phenoxy) is 1. The summed E-state index contributed by atoms with van der Waals surface area (Å²) in [6.45, 7) is 1.40. The van der Waals surface area contributed by atoms with Crippen molar-refractivity contribution in [2.45, 2.75) is 18.6 Å². The molecule has 0 aliphatic carbocycles. The number of piperazine rings is 1. The molecule has 3 N–H and O–H groups in total. The van der Waals surface area contributed by atoms with Gasteiger partial charge in [-0.3, -0.25) is 19.7 Å². The number of halogens is 2. The highest BCUT2D eigenvalue weighted by atomic mass is 19.2. The van der Waals surface area contributed by atoms with E-state index in [9.17, 15) is 33.5 Å². The van der Waals surface area contributed by atoms with Crippen LogP contribution in [0.1, 0.15) is 6.42 Å². The molecule has 0 saturated carbocycles. The van der Waals surface area contributed by atoms with Crippen LogP contribution < -0.4 is 15.1 Å². The fraction of sp³-hybridized carbons (Fsp3) is 0.375. The third-order valence-corrected chi connectivity index (χ3v) is 6.49. The van der Waals surface area contributed by atoms with E-state index in [4.69, 9.17) is 4.74 Å². The van der Waals surface area contributed by atoms with Gasteiger partial charge >= 0.3 is 6.09 Å². The number of para-hydroxylation sites is 1. The maximum atomic E-state index is 13.6. The predicted octanol–water partition coefficient (Wildman–Crippen LogP) is 1.93. The van der Waals surface area contributed by atoms with Crippen molar-refractivity contribution in [2.24, 2.45) is 5.92 Å². The minimum absolute atomic E-state index is 0.0609. The highest BCUT2D eigenvalue weighted by Crippen LogP contribution is 2.30. The lowest BCUT2D eigenvalue weighted by Gasteiger charge is -2.44. The molecule has 4 rings (SSSR count). The zero-order valence-corrected chi connectivity index (χ0v) is 19.2. The first-order chi connectivity index (χ1) is 17.3. The summed E-state index contributed by atoms with van der Waals surface area (Å²) in [5.41, 5.74) is 2.51. The van der Waals surface area contributed by atoms with Crippen molar-refractivity contribution in [1.82, 2.24) is 15.3 Å². The van der Waals surface area contributed by atoms with E-state index in [1.54, 1.807) is 0 Å². The molecule has 2 fully saturated rings. The van der Waals surface area contributed by atoms with Crippen LogP contribution in [-0.2, 0) is 9.59 Å². The van der Waals surface area contributed by atoms with E-state index in [2.05, 4.69) is 4.90 Å². The molecule has 36 heavy (non-hydrogen) atoms. The Kier molecular flexibility index (Phi) is 7.53. The third kappa shape index (κ3) is 5.33. The maximum absolute atomic E-state index is 13.6. The number of carbonyl (C=O) groups excluding carboxylic acids is 2. The second kappa shape index (κ2) is 10.8. The normalized spacial score (nSPS) is 22.2. The van der Waals surface area contributed by atoms with Gasteiger partial charge in [0.05, 0.1) is 12.5 Å². The van der Waals surface area contributed by atoms with Crippen LogP contribution in [0.4, 0.5) is 19.3 Å². The fourth-order valence-electron chi connectivity index (χ4n) is 4.71. The molecule has 3 atom stereocenters. The first kappa shape index (κ1) is 25.2. The van der Waals surface area contributed by atoms with Crippen LogP contribution in [0, 0.1) is 17.6 Å². The molecule has 0 spiro atoms. The molecule has 2 aromatic carbocycles. The van der Waals surface area contributed by atoms with Crippen LogP contribution in [-0.4, -0.2) is 82.9 Å². The number of hydrogen-bond donors (Lipinski definition) is 3. The molecule has 12 heteroatoms. The summed E-state index contributed by atoms with van der Waals surface area (Å²) >= 11 is 0. The number of carboxylic acid groups (broad SMARTS) is 1. The number of amides is 3. The molecule has 2 aliphatic heterocycles. The average Bonchev–Trinajstić information content (AvgIpc) is 2.90. The minimum atomic E-state index is -1.45. The summed E-state index contributed by atoms with van der Waals surface area (Å²) in [4.78, 5) is 42.6. The smallest absolute Gasteiger partial charge is 0.408 e. The third-order valence-electron chi connectivity index (χ3n) is 6.49. The first-order valence-corrected chi connectivity index (χ1v) is 11.4. The lowest BCUT2D eigenvalue weighted by atomic mass is 9.86. The van der Waals surface area contributed by atoms with Gasteiger partial charge in [-0.2, -0.15) is 0 Å². The summed E-state index contributed by atoms with van der Waals surface area (Å²) in [6, 6.07) is 11.1. The Hall–Kier alpha value is -3.93. The molecule has 10 nitrogen and oxygen atoms in total. The van der Waals surface area contributed by atoms with Crippen LogP contribution >= 0.6 is 0 Å². The Balaban J connectivity index is 1.51. The highest BCUT2D eigenvalue weighted by molar-refractivity contribution is 5.92. The van der Waals surface area contributed by atoms with Crippen molar-refractivity contribution in [3.05, 3.63) is 60.2 Å². The number of piperidine rings is 1. The first-order valence-electron chi connectivity index (χ1n) is 11.4. The molecular weight excluding hydrogens is 478 g/mol. The molecule has 192 valence electrons. The second-order valence-electron chi connectivity index (χ2n) is 8.66. The van der Waals surface area contributed by atoms with Crippen molar-refractivity contribution in [3.63, 3.8) is 0 Å². The summed E-state index contributed by atoms with van der Waals surface area (Å²) in [7, 11) is 0. The van der Waals surface area contributed by atoms with Gasteiger partial charge in [-0.05, 0) is 24.3 Å². The van der Waals surface area contributed by atoms with Crippen molar-refractivity contribution in [3.8, 4) is 5.75 Å². The number of likely N-dealkylation sites (tertiary alicyclic amines) is 1. The van der Waals surface area contributed by atoms with Gasteiger partial charge < -0.3 is 19.6 Å². The number of hydrogen-bond acceptors (Lipinski definition) is 6.